The topological polar surface area (TPSA) is 98.2 Å². The molecule has 0 aliphatic rings. The van der Waals surface area contributed by atoms with Gasteiger partial charge >= 0.3 is 0 Å². The highest BCUT2D eigenvalue weighted by molar-refractivity contribution is 7.98. The molecule has 0 aromatic carbocycles. The van der Waals surface area contributed by atoms with E-state index in [0.29, 0.717) is 18.8 Å². The molecule has 0 aromatic rings. The maximum atomic E-state index is 11.7. The summed E-state index contributed by atoms with van der Waals surface area (Å²) in [6, 6.07) is -1.20. The average molecular weight is 261 g/mol. The van der Waals surface area contributed by atoms with Crippen LogP contribution in [0.25, 0.3) is 0 Å². The van der Waals surface area contributed by atoms with Crippen molar-refractivity contribution in [3.05, 3.63) is 0 Å². The van der Waals surface area contributed by atoms with Crippen LogP contribution in [0, 0.1) is 5.92 Å². The molecule has 0 radical (unpaired) electrons. The molecule has 0 saturated heterocycles. The van der Waals surface area contributed by atoms with Crippen LogP contribution >= 0.6 is 11.8 Å². The maximum absolute atomic E-state index is 11.7. The minimum Gasteiger partial charge on any atom is -0.368 e. The van der Waals surface area contributed by atoms with Crippen LogP contribution < -0.4 is 16.8 Å². The predicted octanol–water partition coefficient (Wildman–Crippen LogP) is 0.0830. The maximum Gasteiger partial charge on any atom is 0.240 e. The summed E-state index contributed by atoms with van der Waals surface area (Å²) in [4.78, 5) is 22.8. The van der Waals surface area contributed by atoms with E-state index in [0.717, 1.165) is 5.75 Å². The summed E-state index contributed by atoms with van der Waals surface area (Å²) in [7, 11) is 0. The largest absolute Gasteiger partial charge is 0.368 e. The first-order valence-corrected chi connectivity index (χ1v) is 7.12. The number of primary amides is 1. The molecule has 0 aliphatic carbocycles. The van der Waals surface area contributed by atoms with Crippen LogP contribution in [0.1, 0.15) is 26.7 Å². The zero-order chi connectivity index (χ0) is 13.4. The highest BCUT2D eigenvalue weighted by Gasteiger charge is 2.21. The van der Waals surface area contributed by atoms with Gasteiger partial charge in [-0.3, -0.25) is 9.59 Å². The molecular formula is C11H23N3O2S. The molecule has 17 heavy (non-hydrogen) atoms. The molecule has 0 aliphatic heterocycles. The number of hydrogen-bond acceptors (Lipinski definition) is 4. The Morgan fingerprint density at radius 3 is 2.35 bits per heavy atom. The lowest BCUT2D eigenvalue weighted by molar-refractivity contribution is -0.128. The van der Waals surface area contributed by atoms with E-state index in [4.69, 9.17) is 11.5 Å². The van der Waals surface area contributed by atoms with Crippen LogP contribution in [0.5, 0.6) is 0 Å². The SMILES string of the molecule is CSCCC(NC(=O)C(N)CC(C)C)C(N)=O. The Hall–Kier alpha value is -0.750. The molecule has 2 amide bonds. The third-order valence-corrected chi connectivity index (χ3v) is 2.98. The van der Waals surface area contributed by atoms with E-state index in [-0.39, 0.29) is 5.91 Å². The quantitative estimate of drug-likeness (QED) is 0.576. The molecule has 5 N–H and O–H groups in total. The molecule has 0 bridgehead atoms. The van der Waals surface area contributed by atoms with Gasteiger partial charge in [0.15, 0.2) is 0 Å². The summed E-state index contributed by atoms with van der Waals surface area (Å²) >= 11 is 1.60. The standard InChI is InChI=1S/C11H23N3O2S/c1-7(2)6-8(12)11(16)14-9(10(13)15)4-5-17-3/h7-9H,4-6,12H2,1-3H3,(H2,13,15)(H,14,16). The van der Waals surface area contributed by atoms with E-state index >= 15 is 0 Å². The van der Waals surface area contributed by atoms with Gasteiger partial charge in [-0.15, -0.1) is 0 Å². The molecule has 0 aromatic heterocycles. The first-order chi connectivity index (χ1) is 7.88. The number of hydrogen-bond donors (Lipinski definition) is 3. The normalized spacial score (nSPS) is 14.4. The number of amides is 2. The van der Waals surface area contributed by atoms with Crippen molar-refractivity contribution >= 4 is 23.6 Å². The summed E-state index contributed by atoms with van der Waals surface area (Å²) in [5.41, 5.74) is 10.9. The zero-order valence-corrected chi connectivity index (χ0v) is 11.5. The smallest absolute Gasteiger partial charge is 0.240 e. The van der Waals surface area contributed by atoms with Crippen molar-refractivity contribution in [2.24, 2.45) is 17.4 Å². The van der Waals surface area contributed by atoms with Crippen molar-refractivity contribution in [2.45, 2.75) is 38.8 Å². The van der Waals surface area contributed by atoms with E-state index in [1.165, 1.54) is 0 Å². The fourth-order valence-corrected chi connectivity index (χ4v) is 1.89. The minimum absolute atomic E-state index is 0.302. The van der Waals surface area contributed by atoms with Gasteiger partial charge in [0.2, 0.25) is 11.8 Å². The van der Waals surface area contributed by atoms with Crippen molar-refractivity contribution in [2.75, 3.05) is 12.0 Å². The van der Waals surface area contributed by atoms with E-state index in [9.17, 15) is 9.59 Å². The molecule has 5 nitrogen and oxygen atoms in total. The second-order valence-electron chi connectivity index (χ2n) is 4.48. The third kappa shape index (κ3) is 7.23. The van der Waals surface area contributed by atoms with Gasteiger partial charge in [0.1, 0.15) is 6.04 Å². The van der Waals surface area contributed by atoms with Gasteiger partial charge in [-0.2, -0.15) is 11.8 Å². The van der Waals surface area contributed by atoms with Crippen molar-refractivity contribution in [3.8, 4) is 0 Å². The number of rotatable bonds is 8. The molecule has 0 heterocycles. The Labute approximate surface area is 107 Å². The molecule has 6 heteroatoms. The Balaban J connectivity index is 4.24. The average Bonchev–Trinajstić information content (AvgIpc) is 2.22. The molecule has 2 atom stereocenters. The van der Waals surface area contributed by atoms with Crippen LogP contribution in [0.2, 0.25) is 0 Å². The van der Waals surface area contributed by atoms with Crippen LogP contribution in [0.3, 0.4) is 0 Å². The fourth-order valence-electron chi connectivity index (χ4n) is 1.41. The van der Waals surface area contributed by atoms with E-state index < -0.39 is 18.0 Å². The third-order valence-electron chi connectivity index (χ3n) is 2.33. The lowest BCUT2D eigenvalue weighted by atomic mass is 10.0. The molecule has 0 spiro atoms. The number of carbonyl (C=O) groups is 2. The Kier molecular flexibility index (Phi) is 7.99. The van der Waals surface area contributed by atoms with Gasteiger partial charge in [-0.1, -0.05) is 13.8 Å². The van der Waals surface area contributed by atoms with Crippen LogP contribution in [-0.2, 0) is 9.59 Å². The van der Waals surface area contributed by atoms with Crippen molar-refractivity contribution in [1.29, 1.82) is 0 Å². The van der Waals surface area contributed by atoms with Crippen LogP contribution in [-0.4, -0.2) is 35.9 Å². The molecular weight excluding hydrogens is 238 g/mol. The number of carbonyl (C=O) groups excluding carboxylic acids is 2. The predicted molar refractivity (Wildman–Crippen MR) is 71.6 cm³/mol. The first kappa shape index (κ1) is 16.2. The lowest BCUT2D eigenvalue weighted by Crippen LogP contribution is -2.50. The van der Waals surface area contributed by atoms with Gasteiger partial charge in [0.05, 0.1) is 6.04 Å². The van der Waals surface area contributed by atoms with Gasteiger partial charge in [0.25, 0.3) is 0 Å². The number of nitrogens with one attached hydrogen (secondary N) is 1. The van der Waals surface area contributed by atoms with Crippen LogP contribution in [0.15, 0.2) is 0 Å². The second kappa shape index (κ2) is 8.36. The van der Waals surface area contributed by atoms with Gasteiger partial charge in [0, 0.05) is 0 Å². The Morgan fingerprint density at radius 2 is 1.94 bits per heavy atom. The monoisotopic (exact) mass is 261 g/mol. The highest BCUT2D eigenvalue weighted by Crippen LogP contribution is 2.04. The second-order valence-corrected chi connectivity index (χ2v) is 5.47. The first-order valence-electron chi connectivity index (χ1n) is 5.72. The molecule has 0 rings (SSSR count). The summed E-state index contributed by atoms with van der Waals surface area (Å²) in [5.74, 6) is 0.301. The van der Waals surface area contributed by atoms with Crippen molar-refractivity contribution in [1.82, 2.24) is 5.32 Å². The van der Waals surface area contributed by atoms with E-state index in [2.05, 4.69) is 5.32 Å². The van der Waals surface area contributed by atoms with Crippen LogP contribution in [0.4, 0.5) is 0 Å². The summed E-state index contributed by atoms with van der Waals surface area (Å²) in [6.45, 7) is 3.98. The summed E-state index contributed by atoms with van der Waals surface area (Å²) in [5, 5.41) is 2.60. The molecule has 2 unspecified atom stereocenters. The van der Waals surface area contributed by atoms with Gasteiger partial charge in [-0.05, 0) is 30.8 Å². The molecule has 0 saturated carbocycles. The van der Waals surface area contributed by atoms with E-state index in [1.807, 2.05) is 20.1 Å². The van der Waals surface area contributed by atoms with Crippen molar-refractivity contribution < 1.29 is 9.59 Å². The van der Waals surface area contributed by atoms with Crippen molar-refractivity contribution in [3.63, 3.8) is 0 Å². The zero-order valence-electron chi connectivity index (χ0n) is 10.7. The van der Waals surface area contributed by atoms with Gasteiger partial charge < -0.3 is 16.8 Å². The lowest BCUT2D eigenvalue weighted by Gasteiger charge is -2.19. The highest BCUT2D eigenvalue weighted by atomic mass is 32.2. The summed E-state index contributed by atoms with van der Waals surface area (Å²) < 4.78 is 0. The Morgan fingerprint density at radius 1 is 1.35 bits per heavy atom. The minimum atomic E-state index is -0.617. The Bertz CT molecular complexity index is 259. The fraction of sp³-hybridized carbons (Fsp3) is 0.818. The number of nitrogens with two attached hydrogens (primary N) is 2. The molecule has 0 fully saturated rings. The molecule has 100 valence electrons. The number of thioether (sulfide) groups is 1. The van der Waals surface area contributed by atoms with Gasteiger partial charge in [-0.25, -0.2) is 0 Å². The summed E-state index contributed by atoms with van der Waals surface area (Å²) in [6.07, 6.45) is 3.07. The van der Waals surface area contributed by atoms with E-state index in [1.54, 1.807) is 11.8 Å².